The summed E-state index contributed by atoms with van der Waals surface area (Å²) < 4.78 is 42.2. The number of aromatic nitrogens is 1. The molecule has 1 aromatic heterocycles. The Morgan fingerprint density at radius 1 is 1.24 bits per heavy atom. The molecule has 152 valence electrons. The SMILES string of the molecule is C=CCn1/c(=N/S(=O)(=O)c2ccc(OC)cc2)sc2cc(C(=O)OCC)ccc21. The first kappa shape index (κ1) is 20.8. The third-order valence-electron chi connectivity index (χ3n) is 4.06. The number of sulfonamides is 1. The second kappa shape index (κ2) is 8.62. The Labute approximate surface area is 172 Å². The highest BCUT2D eigenvalue weighted by molar-refractivity contribution is 7.90. The van der Waals surface area contributed by atoms with E-state index in [1.54, 1.807) is 47.9 Å². The monoisotopic (exact) mass is 432 g/mol. The van der Waals surface area contributed by atoms with E-state index in [1.165, 1.54) is 30.6 Å². The first-order valence-corrected chi connectivity index (χ1v) is 11.0. The molecule has 0 bridgehead atoms. The molecule has 7 nitrogen and oxygen atoms in total. The number of thiazole rings is 1. The zero-order valence-corrected chi connectivity index (χ0v) is 17.6. The molecule has 0 saturated carbocycles. The summed E-state index contributed by atoms with van der Waals surface area (Å²) in [5.41, 5.74) is 1.16. The van der Waals surface area contributed by atoms with Crippen LogP contribution in [0.25, 0.3) is 10.2 Å². The number of nitrogens with zero attached hydrogens (tertiary/aromatic N) is 2. The van der Waals surface area contributed by atoms with Crippen molar-refractivity contribution < 1.29 is 22.7 Å². The molecule has 0 aliphatic carbocycles. The molecular formula is C20H20N2O5S2. The van der Waals surface area contributed by atoms with Crippen LogP contribution in [0.15, 0.2) is 64.4 Å². The Morgan fingerprint density at radius 3 is 2.59 bits per heavy atom. The second-order valence-corrected chi connectivity index (χ2v) is 8.54. The van der Waals surface area contributed by atoms with Crippen molar-refractivity contribution in [2.24, 2.45) is 4.40 Å². The van der Waals surface area contributed by atoms with Gasteiger partial charge < -0.3 is 14.0 Å². The predicted molar refractivity (Wildman–Crippen MR) is 112 cm³/mol. The second-order valence-electron chi connectivity index (χ2n) is 5.93. The standard InChI is InChI=1S/C20H20N2O5S2/c1-4-12-22-17-11-6-14(19(23)27-5-2)13-18(17)28-20(22)21-29(24,25)16-9-7-15(26-3)8-10-16/h4,6-11,13H,1,5,12H2,2-3H3/b21-20-. The number of rotatable bonds is 7. The molecule has 3 rings (SSSR count). The third-order valence-corrected chi connectivity index (χ3v) is 6.50. The fourth-order valence-electron chi connectivity index (χ4n) is 2.69. The number of fused-ring (bicyclic) bond motifs is 1. The number of benzene rings is 2. The Balaban J connectivity index is 2.14. The number of carbonyl (C=O) groups excluding carboxylic acids is 1. The Hall–Kier alpha value is -2.91. The topological polar surface area (TPSA) is 87.0 Å². The van der Waals surface area contributed by atoms with Crippen LogP contribution in [-0.2, 0) is 21.3 Å². The van der Waals surface area contributed by atoms with E-state index in [-0.39, 0.29) is 16.3 Å². The molecule has 0 fully saturated rings. The Bertz CT molecular complexity index is 1220. The normalized spacial score (nSPS) is 12.1. The molecule has 0 unspecified atom stereocenters. The van der Waals surface area contributed by atoms with Crippen LogP contribution in [0.5, 0.6) is 5.75 Å². The van der Waals surface area contributed by atoms with Crippen molar-refractivity contribution >= 4 is 37.5 Å². The van der Waals surface area contributed by atoms with Crippen molar-refractivity contribution in [3.63, 3.8) is 0 Å². The predicted octanol–water partition coefficient (Wildman–Crippen LogP) is 3.36. The van der Waals surface area contributed by atoms with Gasteiger partial charge in [0, 0.05) is 6.54 Å². The van der Waals surface area contributed by atoms with Crippen LogP contribution >= 0.6 is 11.3 Å². The largest absolute Gasteiger partial charge is 0.497 e. The van der Waals surface area contributed by atoms with Crippen molar-refractivity contribution in [1.82, 2.24) is 4.57 Å². The fraction of sp³-hybridized carbons (Fsp3) is 0.200. The summed E-state index contributed by atoms with van der Waals surface area (Å²) in [5.74, 6) is 0.126. The lowest BCUT2D eigenvalue weighted by molar-refractivity contribution is 0.0526. The van der Waals surface area contributed by atoms with E-state index in [9.17, 15) is 13.2 Å². The molecule has 0 radical (unpaired) electrons. The third kappa shape index (κ3) is 4.41. The molecule has 2 aromatic carbocycles. The lowest BCUT2D eigenvalue weighted by Crippen LogP contribution is -2.16. The van der Waals surface area contributed by atoms with Crippen molar-refractivity contribution in [1.29, 1.82) is 0 Å². The van der Waals surface area contributed by atoms with Crippen molar-refractivity contribution in [2.75, 3.05) is 13.7 Å². The average molecular weight is 433 g/mol. The van der Waals surface area contributed by atoms with Gasteiger partial charge in [-0.25, -0.2) is 4.79 Å². The summed E-state index contributed by atoms with van der Waals surface area (Å²) in [7, 11) is -2.42. The zero-order valence-electron chi connectivity index (χ0n) is 16.0. The molecule has 9 heteroatoms. The summed E-state index contributed by atoms with van der Waals surface area (Å²) in [6, 6.07) is 11.1. The minimum absolute atomic E-state index is 0.0631. The summed E-state index contributed by atoms with van der Waals surface area (Å²) in [6.07, 6.45) is 1.66. The van der Waals surface area contributed by atoms with E-state index < -0.39 is 16.0 Å². The number of methoxy groups -OCH3 is 1. The number of hydrogen-bond acceptors (Lipinski definition) is 6. The summed E-state index contributed by atoms with van der Waals surface area (Å²) >= 11 is 1.18. The summed E-state index contributed by atoms with van der Waals surface area (Å²) in [6.45, 7) is 6.12. The first-order valence-electron chi connectivity index (χ1n) is 8.76. The van der Waals surface area contributed by atoms with Gasteiger partial charge in [0.05, 0.1) is 34.4 Å². The van der Waals surface area contributed by atoms with E-state index in [1.807, 2.05) is 0 Å². The molecule has 0 N–H and O–H groups in total. The molecule has 0 aliphatic rings. The van der Waals surface area contributed by atoms with Crippen LogP contribution in [0.3, 0.4) is 0 Å². The fourth-order valence-corrected chi connectivity index (χ4v) is 4.97. The summed E-state index contributed by atoms with van der Waals surface area (Å²) in [4.78, 5) is 12.4. The lowest BCUT2D eigenvalue weighted by atomic mass is 10.2. The molecular weight excluding hydrogens is 412 g/mol. The number of hydrogen-bond donors (Lipinski definition) is 0. The van der Waals surface area contributed by atoms with Gasteiger partial charge in [0.25, 0.3) is 10.0 Å². The maximum atomic E-state index is 12.8. The van der Waals surface area contributed by atoms with Crippen LogP contribution in [0.2, 0.25) is 0 Å². The maximum absolute atomic E-state index is 12.8. The zero-order chi connectivity index (χ0) is 21.0. The van der Waals surface area contributed by atoms with Crippen LogP contribution < -0.4 is 9.54 Å². The number of ether oxygens (including phenoxy) is 2. The molecule has 0 spiro atoms. The van der Waals surface area contributed by atoms with Crippen LogP contribution in [-0.4, -0.2) is 32.7 Å². The highest BCUT2D eigenvalue weighted by Gasteiger charge is 2.16. The van der Waals surface area contributed by atoms with Crippen molar-refractivity contribution in [2.45, 2.75) is 18.4 Å². The molecule has 1 heterocycles. The minimum atomic E-state index is -3.93. The van der Waals surface area contributed by atoms with E-state index in [0.29, 0.717) is 17.9 Å². The molecule has 0 atom stereocenters. The highest BCUT2D eigenvalue weighted by Crippen LogP contribution is 2.22. The first-order chi connectivity index (χ1) is 13.9. The molecule has 0 saturated heterocycles. The smallest absolute Gasteiger partial charge is 0.338 e. The molecule has 0 aliphatic heterocycles. The van der Waals surface area contributed by atoms with Crippen molar-refractivity contribution in [3.8, 4) is 5.75 Å². The van der Waals surface area contributed by atoms with E-state index >= 15 is 0 Å². The quantitative estimate of drug-likeness (QED) is 0.422. The molecule has 3 aromatic rings. The van der Waals surface area contributed by atoms with Gasteiger partial charge in [-0.15, -0.1) is 11.0 Å². The Morgan fingerprint density at radius 2 is 1.97 bits per heavy atom. The van der Waals surface area contributed by atoms with Gasteiger partial charge in [0.1, 0.15) is 5.75 Å². The number of carbonyl (C=O) groups is 1. The van der Waals surface area contributed by atoms with Gasteiger partial charge in [-0.3, -0.25) is 0 Å². The van der Waals surface area contributed by atoms with E-state index in [0.717, 1.165) is 10.2 Å². The van der Waals surface area contributed by atoms with Gasteiger partial charge in [-0.05, 0) is 49.4 Å². The van der Waals surface area contributed by atoms with Gasteiger partial charge in [0.15, 0.2) is 0 Å². The number of allylic oxidation sites excluding steroid dienone is 1. The summed E-state index contributed by atoms with van der Waals surface area (Å²) in [5, 5.41) is 0. The lowest BCUT2D eigenvalue weighted by Gasteiger charge is -2.04. The Kier molecular flexibility index (Phi) is 6.19. The van der Waals surface area contributed by atoms with Crippen LogP contribution in [0, 0.1) is 0 Å². The van der Waals surface area contributed by atoms with Gasteiger partial charge in [-0.1, -0.05) is 17.4 Å². The minimum Gasteiger partial charge on any atom is -0.497 e. The van der Waals surface area contributed by atoms with Gasteiger partial charge >= 0.3 is 5.97 Å². The highest BCUT2D eigenvalue weighted by atomic mass is 32.2. The molecule has 0 amide bonds. The number of esters is 1. The van der Waals surface area contributed by atoms with Crippen molar-refractivity contribution in [3.05, 3.63) is 65.5 Å². The molecule has 29 heavy (non-hydrogen) atoms. The van der Waals surface area contributed by atoms with Crippen LogP contribution in [0.4, 0.5) is 0 Å². The van der Waals surface area contributed by atoms with Gasteiger partial charge in [0.2, 0.25) is 4.80 Å². The van der Waals surface area contributed by atoms with Crippen LogP contribution in [0.1, 0.15) is 17.3 Å². The van der Waals surface area contributed by atoms with Gasteiger partial charge in [-0.2, -0.15) is 8.42 Å². The maximum Gasteiger partial charge on any atom is 0.338 e. The van der Waals surface area contributed by atoms with E-state index in [2.05, 4.69) is 11.0 Å². The average Bonchev–Trinajstić information content (AvgIpc) is 3.04. The van der Waals surface area contributed by atoms with E-state index in [4.69, 9.17) is 9.47 Å².